The quantitative estimate of drug-likeness (QED) is 0.703. The molecule has 1 heterocycles. The summed E-state index contributed by atoms with van der Waals surface area (Å²) in [5.74, 6) is 0.273. The first-order valence-electron chi connectivity index (χ1n) is 3.78. The van der Waals surface area contributed by atoms with Gasteiger partial charge in [-0.2, -0.15) is 0 Å². The summed E-state index contributed by atoms with van der Waals surface area (Å²) in [5.41, 5.74) is 4.82. The lowest BCUT2D eigenvalue weighted by atomic mass is 10.7. The number of ether oxygens (including phenoxy) is 1. The molecule has 0 spiro atoms. The van der Waals surface area contributed by atoms with E-state index in [1.165, 1.54) is 0 Å². The van der Waals surface area contributed by atoms with Crippen LogP contribution in [0.2, 0.25) is 0 Å². The zero-order chi connectivity index (χ0) is 8.55. The monoisotopic (exact) mass is 167 g/mol. The van der Waals surface area contributed by atoms with E-state index in [0.29, 0.717) is 6.04 Å². The van der Waals surface area contributed by atoms with Crippen LogP contribution < -0.4 is 10.5 Å². The van der Waals surface area contributed by atoms with E-state index in [1.54, 1.807) is 16.9 Å². The summed E-state index contributed by atoms with van der Waals surface area (Å²) in [4.78, 5) is 10.3. The van der Waals surface area contributed by atoms with Crippen molar-refractivity contribution in [3.05, 3.63) is 12.3 Å². The SMILES string of the molecule is NC(=O)Oc1ccn(C2CC2)n1. The molecule has 64 valence electrons. The van der Waals surface area contributed by atoms with Crippen molar-refractivity contribution in [2.24, 2.45) is 5.73 Å². The van der Waals surface area contributed by atoms with Crippen LogP contribution in [0.15, 0.2) is 12.3 Å². The Labute approximate surface area is 69.1 Å². The van der Waals surface area contributed by atoms with E-state index in [9.17, 15) is 4.79 Å². The average molecular weight is 167 g/mol. The van der Waals surface area contributed by atoms with Gasteiger partial charge < -0.3 is 10.5 Å². The number of aromatic nitrogens is 2. The van der Waals surface area contributed by atoms with Crippen LogP contribution in [-0.2, 0) is 0 Å². The Morgan fingerprint density at radius 1 is 1.75 bits per heavy atom. The maximum Gasteiger partial charge on any atom is 0.411 e. The highest BCUT2D eigenvalue weighted by Crippen LogP contribution is 2.34. The number of carbonyl (C=O) groups excluding carboxylic acids is 1. The van der Waals surface area contributed by atoms with Gasteiger partial charge in [0, 0.05) is 12.3 Å². The van der Waals surface area contributed by atoms with Crippen molar-refractivity contribution in [3.63, 3.8) is 0 Å². The van der Waals surface area contributed by atoms with Crippen LogP contribution in [0.25, 0.3) is 0 Å². The van der Waals surface area contributed by atoms with Crippen LogP contribution in [-0.4, -0.2) is 15.9 Å². The van der Waals surface area contributed by atoms with E-state index >= 15 is 0 Å². The van der Waals surface area contributed by atoms with E-state index in [4.69, 9.17) is 5.73 Å². The molecule has 2 rings (SSSR count). The maximum absolute atomic E-state index is 10.3. The van der Waals surface area contributed by atoms with Gasteiger partial charge in [0.05, 0.1) is 6.04 Å². The largest absolute Gasteiger partial charge is 0.411 e. The molecule has 5 heteroatoms. The highest BCUT2D eigenvalue weighted by molar-refractivity contribution is 5.67. The third kappa shape index (κ3) is 1.39. The van der Waals surface area contributed by atoms with Crippen LogP contribution in [0.5, 0.6) is 5.88 Å². The predicted octanol–water partition coefficient (Wildman–Crippen LogP) is 0.676. The highest BCUT2D eigenvalue weighted by Gasteiger charge is 2.24. The molecule has 1 aliphatic rings. The third-order valence-corrected chi connectivity index (χ3v) is 1.71. The van der Waals surface area contributed by atoms with Crippen molar-refractivity contribution in [3.8, 4) is 5.88 Å². The minimum atomic E-state index is -0.823. The predicted molar refractivity (Wildman–Crippen MR) is 40.7 cm³/mol. The summed E-state index contributed by atoms with van der Waals surface area (Å²) in [7, 11) is 0. The number of rotatable bonds is 2. The number of primary amides is 1. The zero-order valence-electron chi connectivity index (χ0n) is 6.43. The summed E-state index contributed by atoms with van der Waals surface area (Å²) < 4.78 is 6.37. The van der Waals surface area contributed by atoms with E-state index in [2.05, 4.69) is 9.84 Å². The minimum absolute atomic E-state index is 0.273. The topological polar surface area (TPSA) is 70.1 Å². The second kappa shape index (κ2) is 2.51. The van der Waals surface area contributed by atoms with Crippen LogP contribution in [0.3, 0.4) is 0 Å². The van der Waals surface area contributed by atoms with Crippen LogP contribution in [0, 0.1) is 0 Å². The summed E-state index contributed by atoms with van der Waals surface area (Å²) in [5, 5.41) is 4.01. The molecule has 0 radical (unpaired) electrons. The number of nitrogens with two attached hydrogens (primary N) is 1. The average Bonchev–Trinajstić information content (AvgIpc) is 2.73. The lowest BCUT2D eigenvalue weighted by Gasteiger charge is -1.95. The molecule has 1 saturated carbocycles. The maximum atomic E-state index is 10.3. The standard InChI is InChI=1S/C7H9N3O2/c8-7(11)12-6-3-4-10(9-6)5-1-2-5/h3-5H,1-2H2,(H2,8,11). The van der Waals surface area contributed by atoms with Crippen molar-refractivity contribution in [2.45, 2.75) is 18.9 Å². The molecule has 1 aliphatic carbocycles. The molecule has 5 nitrogen and oxygen atoms in total. The van der Waals surface area contributed by atoms with Crippen molar-refractivity contribution >= 4 is 6.09 Å². The molecular formula is C7H9N3O2. The molecule has 0 aliphatic heterocycles. The van der Waals surface area contributed by atoms with Crippen molar-refractivity contribution < 1.29 is 9.53 Å². The van der Waals surface area contributed by atoms with Crippen LogP contribution in [0.1, 0.15) is 18.9 Å². The molecule has 0 saturated heterocycles. The van der Waals surface area contributed by atoms with Gasteiger partial charge in [-0.3, -0.25) is 4.68 Å². The Balaban J connectivity index is 2.07. The van der Waals surface area contributed by atoms with E-state index < -0.39 is 6.09 Å². The first-order chi connectivity index (χ1) is 5.75. The first-order valence-corrected chi connectivity index (χ1v) is 3.78. The Kier molecular flexibility index (Phi) is 1.49. The first kappa shape index (κ1) is 7.15. The molecule has 12 heavy (non-hydrogen) atoms. The molecule has 1 aromatic heterocycles. The highest BCUT2D eigenvalue weighted by atomic mass is 16.6. The number of hydrogen-bond acceptors (Lipinski definition) is 3. The Morgan fingerprint density at radius 2 is 2.50 bits per heavy atom. The lowest BCUT2D eigenvalue weighted by Crippen LogP contribution is -2.16. The van der Waals surface area contributed by atoms with Gasteiger partial charge >= 0.3 is 6.09 Å². The van der Waals surface area contributed by atoms with Gasteiger partial charge in [0.15, 0.2) is 0 Å². The molecule has 0 atom stereocenters. The third-order valence-electron chi connectivity index (χ3n) is 1.71. The zero-order valence-corrected chi connectivity index (χ0v) is 6.43. The Morgan fingerprint density at radius 3 is 3.08 bits per heavy atom. The fraction of sp³-hybridized carbons (Fsp3) is 0.429. The molecule has 0 bridgehead atoms. The van der Waals surface area contributed by atoms with Gasteiger partial charge in [-0.15, -0.1) is 5.10 Å². The number of nitrogens with zero attached hydrogens (tertiary/aromatic N) is 2. The summed E-state index contributed by atoms with van der Waals surface area (Å²) >= 11 is 0. The van der Waals surface area contributed by atoms with E-state index in [1.807, 2.05) is 0 Å². The van der Waals surface area contributed by atoms with Gasteiger partial charge in [0.25, 0.3) is 0 Å². The fourth-order valence-corrected chi connectivity index (χ4v) is 1.02. The molecule has 1 amide bonds. The normalized spacial score (nSPS) is 16.0. The second-order valence-electron chi connectivity index (χ2n) is 2.79. The van der Waals surface area contributed by atoms with Gasteiger partial charge in [-0.1, -0.05) is 0 Å². The molecule has 0 unspecified atom stereocenters. The summed E-state index contributed by atoms with van der Waals surface area (Å²) in [6.07, 6.45) is 3.27. The van der Waals surface area contributed by atoms with Gasteiger partial charge in [-0.05, 0) is 12.8 Å². The number of hydrogen-bond donors (Lipinski definition) is 1. The van der Waals surface area contributed by atoms with Crippen molar-refractivity contribution in [1.82, 2.24) is 9.78 Å². The smallest absolute Gasteiger partial charge is 0.390 e. The van der Waals surface area contributed by atoms with Gasteiger partial charge in [0.1, 0.15) is 0 Å². The second-order valence-corrected chi connectivity index (χ2v) is 2.79. The molecule has 0 aromatic carbocycles. The van der Waals surface area contributed by atoms with Crippen LogP contribution >= 0.6 is 0 Å². The molecular weight excluding hydrogens is 158 g/mol. The summed E-state index contributed by atoms with van der Waals surface area (Å²) in [6.45, 7) is 0. The van der Waals surface area contributed by atoms with Crippen molar-refractivity contribution in [1.29, 1.82) is 0 Å². The van der Waals surface area contributed by atoms with E-state index in [0.717, 1.165) is 12.8 Å². The molecule has 1 fully saturated rings. The molecule has 2 N–H and O–H groups in total. The van der Waals surface area contributed by atoms with E-state index in [-0.39, 0.29) is 5.88 Å². The number of carbonyl (C=O) groups is 1. The Bertz CT molecular complexity index is 303. The van der Waals surface area contributed by atoms with Crippen LogP contribution in [0.4, 0.5) is 4.79 Å². The number of amides is 1. The molecule has 1 aromatic rings. The van der Waals surface area contributed by atoms with Gasteiger partial charge in [0.2, 0.25) is 5.88 Å². The lowest BCUT2D eigenvalue weighted by molar-refractivity contribution is 0.208. The Hall–Kier alpha value is -1.52. The van der Waals surface area contributed by atoms with Gasteiger partial charge in [-0.25, -0.2) is 4.79 Å². The summed E-state index contributed by atoms with van der Waals surface area (Å²) in [6, 6.07) is 2.12. The van der Waals surface area contributed by atoms with Crippen molar-refractivity contribution in [2.75, 3.05) is 0 Å². The fourth-order valence-electron chi connectivity index (χ4n) is 1.02. The minimum Gasteiger partial charge on any atom is -0.390 e.